The fourth-order valence-electron chi connectivity index (χ4n) is 2.02. The molecule has 2 rings (SSSR count). The van der Waals surface area contributed by atoms with Gasteiger partial charge in [0.05, 0.1) is 12.7 Å². The summed E-state index contributed by atoms with van der Waals surface area (Å²) in [6.45, 7) is -0.544. The molecule has 0 radical (unpaired) electrons. The number of carbonyl (C=O) groups excluding carboxylic acids is 1. The maximum atomic E-state index is 12.4. The minimum absolute atomic E-state index is 0.163. The molecule has 24 heavy (non-hydrogen) atoms. The minimum Gasteiger partial charge on any atom is -0.496 e. The van der Waals surface area contributed by atoms with Gasteiger partial charge in [0.2, 0.25) is 0 Å². The zero-order chi connectivity index (χ0) is 17.5. The number of carboxylic acids is 1. The predicted molar refractivity (Wildman–Crippen MR) is 90.9 cm³/mol. The quantitative estimate of drug-likeness (QED) is 0.611. The molecule has 0 spiro atoms. The van der Waals surface area contributed by atoms with Crippen LogP contribution in [-0.2, 0) is 4.79 Å². The van der Waals surface area contributed by atoms with Crippen LogP contribution >= 0.6 is 11.6 Å². The number of halogens is 1. The Kier molecular flexibility index (Phi) is 5.98. The number of aliphatic carboxylic acids is 1. The average Bonchev–Trinajstić information content (AvgIpc) is 2.58. The van der Waals surface area contributed by atoms with Gasteiger partial charge in [0.25, 0.3) is 0 Å². The first-order valence-corrected chi connectivity index (χ1v) is 7.38. The molecule has 0 aliphatic carbocycles. The fraction of sp³-hybridized carbons (Fsp3) is 0.111. The second kappa shape index (κ2) is 8.17. The van der Waals surface area contributed by atoms with Crippen LogP contribution in [0, 0.1) is 0 Å². The molecule has 1 N–H and O–H groups in total. The molecule has 0 bridgehead atoms. The zero-order valence-electron chi connectivity index (χ0n) is 12.9. The van der Waals surface area contributed by atoms with Crippen molar-refractivity contribution in [3.05, 3.63) is 64.7 Å². The van der Waals surface area contributed by atoms with Gasteiger partial charge in [-0.1, -0.05) is 29.8 Å². The van der Waals surface area contributed by atoms with Crippen molar-refractivity contribution in [2.75, 3.05) is 13.7 Å². The summed E-state index contributed by atoms with van der Waals surface area (Å²) in [6.07, 6.45) is 2.97. The number of para-hydroxylation sites is 1. The van der Waals surface area contributed by atoms with Crippen LogP contribution in [0.5, 0.6) is 11.5 Å². The standard InChI is InChI=1S/C18H15ClO5/c1-23-16-5-3-2-4-12(16)6-8-15(20)14-10-13(19)7-9-17(14)24-11-18(21)22/h2-10H,11H2,1H3,(H,21,22). The summed E-state index contributed by atoms with van der Waals surface area (Å²) in [5.41, 5.74) is 0.929. The molecular weight excluding hydrogens is 332 g/mol. The molecule has 2 aromatic rings. The monoisotopic (exact) mass is 346 g/mol. The largest absolute Gasteiger partial charge is 0.496 e. The maximum Gasteiger partial charge on any atom is 0.341 e. The van der Waals surface area contributed by atoms with Gasteiger partial charge in [0.1, 0.15) is 11.5 Å². The minimum atomic E-state index is -1.13. The predicted octanol–water partition coefficient (Wildman–Crippen LogP) is 3.71. The Hall–Kier alpha value is -2.79. The highest BCUT2D eigenvalue weighted by Crippen LogP contribution is 2.25. The first-order chi connectivity index (χ1) is 11.5. The Balaban J connectivity index is 2.27. The van der Waals surface area contributed by atoms with Crippen LogP contribution < -0.4 is 9.47 Å². The van der Waals surface area contributed by atoms with E-state index in [1.54, 1.807) is 19.3 Å². The molecule has 0 saturated heterocycles. The zero-order valence-corrected chi connectivity index (χ0v) is 13.6. The number of ether oxygens (including phenoxy) is 2. The molecule has 0 fully saturated rings. The van der Waals surface area contributed by atoms with Crippen molar-refractivity contribution >= 4 is 29.4 Å². The summed E-state index contributed by atoms with van der Waals surface area (Å²) in [7, 11) is 1.54. The maximum absolute atomic E-state index is 12.4. The molecule has 5 nitrogen and oxygen atoms in total. The molecule has 0 aromatic heterocycles. The topological polar surface area (TPSA) is 72.8 Å². The normalized spacial score (nSPS) is 10.6. The Morgan fingerprint density at radius 1 is 1.17 bits per heavy atom. The average molecular weight is 347 g/mol. The number of methoxy groups -OCH3 is 1. The first-order valence-electron chi connectivity index (χ1n) is 7.01. The van der Waals surface area contributed by atoms with E-state index < -0.39 is 12.6 Å². The number of hydrogen-bond donors (Lipinski definition) is 1. The van der Waals surface area contributed by atoms with Gasteiger partial charge in [-0.2, -0.15) is 0 Å². The Labute approximate surface area is 144 Å². The second-order valence-corrected chi connectivity index (χ2v) is 5.20. The molecule has 0 amide bonds. The summed E-state index contributed by atoms with van der Waals surface area (Å²) >= 11 is 5.92. The van der Waals surface area contributed by atoms with Crippen molar-refractivity contribution in [2.45, 2.75) is 0 Å². The van der Waals surface area contributed by atoms with Gasteiger partial charge in [-0.25, -0.2) is 4.79 Å². The van der Waals surface area contributed by atoms with Gasteiger partial charge in [-0.15, -0.1) is 0 Å². The Morgan fingerprint density at radius 2 is 1.92 bits per heavy atom. The molecule has 124 valence electrons. The van der Waals surface area contributed by atoms with Gasteiger partial charge in [-0.05, 0) is 36.4 Å². The molecule has 0 atom stereocenters. The van der Waals surface area contributed by atoms with E-state index in [-0.39, 0.29) is 17.1 Å². The molecule has 0 aliphatic heterocycles. The number of rotatable bonds is 7. The van der Waals surface area contributed by atoms with Crippen LogP contribution in [0.15, 0.2) is 48.5 Å². The number of carbonyl (C=O) groups is 2. The third kappa shape index (κ3) is 4.60. The number of ketones is 1. The molecule has 0 unspecified atom stereocenters. The van der Waals surface area contributed by atoms with Crippen molar-refractivity contribution < 1.29 is 24.2 Å². The third-order valence-corrected chi connectivity index (χ3v) is 3.35. The molecule has 6 heteroatoms. The number of allylic oxidation sites excluding steroid dienone is 1. The Morgan fingerprint density at radius 3 is 2.62 bits per heavy atom. The van der Waals surface area contributed by atoms with Crippen LogP contribution in [0.2, 0.25) is 5.02 Å². The number of benzene rings is 2. The smallest absolute Gasteiger partial charge is 0.341 e. The van der Waals surface area contributed by atoms with Gasteiger partial charge < -0.3 is 14.6 Å². The van der Waals surface area contributed by atoms with Crippen LogP contribution in [-0.4, -0.2) is 30.6 Å². The van der Waals surface area contributed by atoms with E-state index in [1.807, 2.05) is 18.2 Å². The van der Waals surface area contributed by atoms with E-state index in [4.69, 9.17) is 26.2 Å². The lowest BCUT2D eigenvalue weighted by Gasteiger charge is -2.08. The van der Waals surface area contributed by atoms with Crippen molar-refractivity contribution in [3.8, 4) is 11.5 Å². The van der Waals surface area contributed by atoms with Crippen LogP contribution in [0.3, 0.4) is 0 Å². The molecule has 2 aromatic carbocycles. The van der Waals surface area contributed by atoms with Crippen molar-refractivity contribution in [1.82, 2.24) is 0 Å². The van der Waals surface area contributed by atoms with Crippen molar-refractivity contribution in [2.24, 2.45) is 0 Å². The van der Waals surface area contributed by atoms with Gasteiger partial charge >= 0.3 is 5.97 Å². The lowest BCUT2D eigenvalue weighted by Crippen LogP contribution is -2.11. The van der Waals surface area contributed by atoms with E-state index in [1.165, 1.54) is 24.3 Å². The van der Waals surface area contributed by atoms with Crippen LogP contribution in [0.4, 0.5) is 0 Å². The van der Waals surface area contributed by atoms with Gasteiger partial charge in [0, 0.05) is 10.6 Å². The highest BCUT2D eigenvalue weighted by atomic mass is 35.5. The second-order valence-electron chi connectivity index (χ2n) is 4.76. The fourth-order valence-corrected chi connectivity index (χ4v) is 2.19. The highest BCUT2D eigenvalue weighted by molar-refractivity contribution is 6.31. The molecule has 0 heterocycles. The van der Waals surface area contributed by atoms with Gasteiger partial charge in [0.15, 0.2) is 12.4 Å². The summed E-state index contributed by atoms with van der Waals surface area (Å²) < 4.78 is 10.4. The molecule has 0 saturated carbocycles. The SMILES string of the molecule is COc1ccccc1C=CC(=O)c1cc(Cl)ccc1OCC(=O)O. The van der Waals surface area contributed by atoms with Gasteiger partial charge in [-0.3, -0.25) is 4.79 Å². The van der Waals surface area contributed by atoms with Crippen molar-refractivity contribution in [3.63, 3.8) is 0 Å². The van der Waals surface area contributed by atoms with Crippen LogP contribution in [0.1, 0.15) is 15.9 Å². The Bertz CT molecular complexity index is 783. The lowest BCUT2D eigenvalue weighted by atomic mass is 10.1. The number of hydrogen-bond acceptors (Lipinski definition) is 4. The summed E-state index contributed by atoms with van der Waals surface area (Å²) in [5, 5.41) is 9.06. The van der Waals surface area contributed by atoms with E-state index >= 15 is 0 Å². The summed E-state index contributed by atoms with van der Waals surface area (Å²) in [6, 6.07) is 11.7. The first kappa shape index (κ1) is 17.6. The highest BCUT2D eigenvalue weighted by Gasteiger charge is 2.12. The molecular formula is C18H15ClO5. The number of carboxylic acid groups (broad SMARTS) is 1. The van der Waals surface area contributed by atoms with E-state index in [0.717, 1.165) is 5.56 Å². The summed E-state index contributed by atoms with van der Waals surface area (Å²) in [4.78, 5) is 23.1. The molecule has 0 aliphatic rings. The van der Waals surface area contributed by atoms with Crippen molar-refractivity contribution in [1.29, 1.82) is 0 Å². The van der Waals surface area contributed by atoms with E-state index in [0.29, 0.717) is 10.8 Å². The van der Waals surface area contributed by atoms with Crippen LogP contribution in [0.25, 0.3) is 6.08 Å². The van der Waals surface area contributed by atoms with E-state index in [2.05, 4.69) is 0 Å². The third-order valence-electron chi connectivity index (χ3n) is 3.11. The summed E-state index contributed by atoms with van der Waals surface area (Å²) in [5.74, 6) is -0.692. The lowest BCUT2D eigenvalue weighted by molar-refractivity contribution is -0.139. The van der Waals surface area contributed by atoms with E-state index in [9.17, 15) is 9.59 Å².